The van der Waals surface area contributed by atoms with Crippen molar-refractivity contribution in [1.82, 2.24) is 24.8 Å². The number of aromatic nitrogens is 4. The summed E-state index contributed by atoms with van der Waals surface area (Å²) in [6.07, 6.45) is 2.36. The Morgan fingerprint density at radius 1 is 1.36 bits per heavy atom. The zero-order valence-corrected chi connectivity index (χ0v) is 15.7. The van der Waals surface area contributed by atoms with Crippen LogP contribution in [0.25, 0.3) is 0 Å². The van der Waals surface area contributed by atoms with E-state index in [4.69, 9.17) is 4.52 Å². The maximum Gasteiger partial charge on any atom is 0.229 e. The summed E-state index contributed by atoms with van der Waals surface area (Å²) in [6, 6.07) is 0. The summed E-state index contributed by atoms with van der Waals surface area (Å²) in [5, 5.41) is 8.54. The van der Waals surface area contributed by atoms with Gasteiger partial charge in [-0.25, -0.2) is 0 Å². The molecule has 0 aromatic carbocycles. The lowest BCUT2D eigenvalue weighted by atomic mass is 9.96. The van der Waals surface area contributed by atoms with Gasteiger partial charge in [0.1, 0.15) is 0 Å². The first kappa shape index (κ1) is 17.6. The molecular formula is C18H27N5O2. The van der Waals surface area contributed by atoms with Crippen molar-refractivity contribution in [3.8, 4) is 0 Å². The minimum absolute atomic E-state index is 0.150. The Hall–Kier alpha value is -2.18. The van der Waals surface area contributed by atoms with Gasteiger partial charge in [-0.1, -0.05) is 19.0 Å². The molecule has 7 nitrogen and oxygen atoms in total. The molecule has 0 aliphatic carbocycles. The van der Waals surface area contributed by atoms with E-state index in [9.17, 15) is 4.79 Å². The second kappa shape index (κ2) is 6.98. The number of rotatable bonds is 4. The van der Waals surface area contributed by atoms with Gasteiger partial charge in [-0.05, 0) is 26.7 Å². The maximum absolute atomic E-state index is 12.8. The van der Waals surface area contributed by atoms with E-state index >= 15 is 0 Å². The number of carbonyl (C=O) groups excluding carboxylic acids is 1. The van der Waals surface area contributed by atoms with Crippen LogP contribution in [0.1, 0.15) is 67.2 Å². The molecule has 25 heavy (non-hydrogen) atoms. The van der Waals surface area contributed by atoms with Gasteiger partial charge in [0, 0.05) is 43.2 Å². The molecule has 0 unspecified atom stereocenters. The molecule has 1 fully saturated rings. The minimum Gasteiger partial charge on any atom is -0.342 e. The molecule has 0 radical (unpaired) electrons. The van der Waals surface area contributed by atoms with E-state index in [-0.39, 0.29) is 17.7 Å². The summed E-state index contributed by atoms with van der Waals surface area (Å²) in [4.78, 5) is 19.2. The topological polar surface area (TPSA) is 77.0 Å². The van der Waals surface area contributed by atoms with Crippen molar-refractivity contribution in [3.63, 3.8) is 0 Å². The molecule has 3 heterocycles. The average Bonchev–Trinajstić information content (AvgIpc) is 3.16. The second-order valence-electron chi connectivity index (χ2n) is 7.27. The van der Waals surface area contributed by atoms with Gasteiger partial charge in [0.25, 0.3) is 0 Å². The van der Waals surface area contributed by atoms with Crippen molar-refractivity contribution in [3.05, 3.63) is 28.7 Å². The van der Waals surface area contributed by atoms with Crippen LogP contribution in [-0.2, 0) is 18.3 Å². The number of likely N-dealkylation sites (tertiary alicyclic amines) is 1. The molecular weight excluding hydrogens is 318 g/mol. The summed E-state index contributed by atoms with van der Waals surface area (Å²) in [5.74, 6) is 1.93. The molecule has 1 aliphatic heterocycles. The molecule has 2 aromatic rings. The van der Waals surface area contributed by atoms with Crippen molar-refractivity contribution >= 4 is 5.91 Å². The van der Waals surface area contributed by atoms with Crippen LogP contribution in [0.15, 0.2) is 4.52 Å². The zero-order chi connectivity index (χ0) is 18.1. The lowest BCUT2D eigenvalue weighted by molar-refractivity contribution is -0.131. The van der Waals surface area contributed by atoms with E-state index in [0.29, 0.717) is 18.9 Å². The number of amides is 1. The summed E-state index contributed by atoms with van der Waals surface area (Å²) in [5.41, 5.74) is 3.03. The van der Waals surface area contributed by atoms with Crippen LogP contribution in [0.2, 0.25) is 0 Å². The molecule has 1 atom stereocenters. The monoisotopic (exact) mass is 345 g/mol. The van der Waals surface area contributed by atoms with Crippen LogP contribution in [0.5, 0.6) is 0 Å². The molecule has 0 bridgehead atoms. The Labute approximate surface area is 148 Å². The number of hydrogen-bond acceptors (Lipinski definition) is 5. The van der Waals surface area contributed by atoms with Gasteiger partial charge < -0.3 is 9.42 Å². The molecule has 0 saturated carbocycles. The van der Waals surface area contributed by atoms with Crippen LogP contribution in [0.3, 0.4) is 0 Å². The van der Waals surface area contributed by atoms with Crippen LogP contribution < -0.4 is 0 Å². The summed E-state index contributed by atoms with van der Waals surface area (Å²) in [6.45, 7) is 9.49. The summed E-state index contributed by atoms with van der Waals surface area (Å²) >= 11 is 0. The second-order valence-corrected chi connectivity index (χ2v) is 7.27. The largest absolute Gasteiger partial charge is 0.342 e. The first-order chi connectivity index (χ1) is 11.9. The summed E-state index contributed by atoms with van der Waals surface area (Å²) in [7, 11) is 1.91. The quantitative estimate of drug-likeness (QED) is 0.851. The third-order valence-corrected chi connectivity index (χ3v) is 5.08. The highest BCUT2D eigenvalue weighted by atomic mass is 16.5. The first-order valence-electron chi connectivity index (χ1n) is 8.97. The van der Waals surface area contributed by atoms with Crippen molar-refractivity contribution in [1.29, 1.82) is 0 Å². The Kier molecular flexibility index (Phi) is 4.92. The van der Waals surface area contributed by atoms with Gasteiger partial charge in [0.05, 0.1) is 12.1 Å². The standard InChI is InChI=1S/C18H27N5O2/c1-11(2)18-19-17(21-25-18)14-7-6-8-23(10-14)16(24)9-15-12(3)20-22(5)13(15)4/h11,14H,6-10H2,1-5H3/t14-/m0/s1. The SMILES string of the molecule is Cc1nn(C)c(C)c1CC(=O)N1CCC[C@H](c2noc(C(C)C)n2)C1. The molecule has 0 N–H and O–H groups in total. The van der Waals surface area contributed by atoms with Gasteiger partial charge in [-0.3, -0.25) is 9.48 Å². The lowest BCUT2D eigenvalue weighted by Gasteiger charge is -2.31. The van der Waals surface area contributed by atoms with Crippen molar-refractivity contribution < 1.29 is 9.32 Å². The number of aryl methyl sites for hydroxylation is 2. The van der Waals surface area contributed by atoms with E-state index in [2.05, 4.69) is 15.2 Å². The zero-order valence-electron chi connectivity index (χ0n) is 15.7. The Bertz CT molecular complexity index is 762. The number of carbonyl (C=O) groups is 1. The number of nitrogens with zero attached hydrogens (tertiary/aromatic N) is 5. The van der Waals surface area contributed by atoms with Crippen molar-refractivity contribution in [2.75, 3.05) is 13.1 Å². The molecule has 1 aliphatic rings. The van der Waals surface area contributed by atoms with Crippen LogP contribution in [-0.4, -0.2) is 43.8 Å². The van der Waals surface area contributed by atoms with Gasteiger partial charge in [-0.2, -0.15) is 10.1 Å². The lowest BCUT2D eigenvalue weighted by Crippen LogP contribution is -2.40. The van der Waals surface area contributed by atoms with Crippen molar-refractivity contribution in [2.45, 2.75) is 58.8 Å². The molecule has 136 valence electrons. The fourth-order valence-electron chi connectivity index (χ4n) is 3.40. The van der Waals surface area contributed by atoms with Gasteiger partial charge in [-0.15, -0.1) is 0 Å². The van der Waals surface area contributed by atoms with E-state index in [1.54, 1.807) is 0 Å². The van der Waals surface area contributed by atoms with Crippen LogP contribution >= 0.6 is 0 Å². The van der Waals surface area contributed by atoms with Gasteiger partial charge >= 0.3 is 0 Å². The molecule has 7 heteroatoms. The van der Waals surface area contributed by atoms with E-state index in [1.807, 2.05) is 44.3 Å². The summed E-state index contributed by atoms with van der Waals surface area (Å²) < 4.78 is 7.17. The molecule has 2 aromatic heterocycles. The van der Waals surface area contributed by atoms with Crippen molar-refractivity contribution in [2.24, 2.45) is 7.05 Å². The third kappa shape index (κ3) is 3.60. The maximum atomic E-state index is 12.8. The third-order valence-electron chi connectivity index (χ3n) is 5.08. The van der Waals surface area contributed by atoms with E-state index in [1.165, 1.54) is 0 Å². The molecule has 1 saturated heterocycles. The normalized spacial score (nSPS) is 18.2. The first-order valence-corrected chi connectivity index (χ1v) is 8.97. The van der Waals surface area contributed by atoms with Crippen LogP contribution in [0.4, 0.5) is 0 Å². The molecule has 0 spiro atoms. The fraction of sp³-hybridized carbons (Fsp3) is 0.667. The predicted molar refractivity (Wildman–Crippen MR) is 93.3 cm³/mol. The smallest absolute Gasteiger partial charge is 0.229 e. The van der Waals surface area contributed by atoms with E-state index < -0.39 is 0 Å². The number of piperidine rings is 1. The van der Waals surface area contributed by atoms with Gasteiger partial charge in [0.15, 0.2) is 5.82 Å². The Morgan fingerprint density at radius 2 is 2.12 bits per heavy atom. The Balaban J connectivity index is 1.69. The average molecular weight is 345 g/mol. The van der Waals surface area contributed by atoms with Gasteiger partial charge in [0.2, 0.25) is 11.8 Å². The molecule has 3 rings (SSSR count). The number of hydrogen-bond donors (Lipinski definition) is 0. The minimum atomic E-state index is 0.150. The predicted octanol–water partition coefficient (Wildman–Crippen LogP) is 2.49. The van der Waals surface area contributed by atoms with E-state index in [0.717, 1.165) is 42.2 Å². The highest BCUT2D eigenvalue weighted by Gasteiger charge is 2.29. The Morgan fingerprint density at radius 3 is 2.72 bits per heavy atom. The fourth-order valence-corrected chi connectivity index (χ4v) is 3.40. The molecule has 1 amide bonds. The highest BCUT2D eigenvalue weighted by Crippen LogP contribution is 2.27. The highest BCUT2D eigenvalue weighted by molar-refractivity contribution is 5.79. The van der Waals surface area contributed by atoms with Crippen LogP contribution in [0, 0.1) is 13.8 Å².